The molecule has 130 valence electrons. The molecule has 0 aromatic heterocycles. The van der Waals surface area contributed by atoms with E-state index < -0.39 is 0 Å². The number of halogens is 1. The van der Waals surface area contributed by atoms with Gasteiger partial charge in [0.1, 0.15) is 11.5 Å². The van der Waals surface area contributed by atoms with Crippen molar-refractivity contribution in [3.8, 4) is 11.5 Å². The topological polar surface area (TPSA) is 98.0 Å². The molecule has 8 heteroatoms. The SMILES string of the molecule is COc1ccc(OC)c(NC(N)=NCCC(=O)NC(C)C)c1.I. The van der Waals surface area contributed by atoms with Crippen molar-refractivity contribution in [2.45, 2.75) is 26.3 Å². The highest BCUT2D eigenvalue weighted by molar-refractivity contribution is 14.0. The molecule has 0 spiro atoms. The lowest BCUT2D eigenvalue weighted by Crippen LogP contribution is -2.30. The fourth-order valence-corrected chi connectivity index (χ4v) is 1.76. The maximum Gasteiger partial charge on any atom is 0.222 e. The molecule has 1 aromatic carbocycles. The van der Waals surface area contributed by atoms with Crippen molar-refractivity contribution in [2.24, 2.45) is 10.7 Å². The third kappa shape index (κ3) is 7.91. The second-order valence-electron chi connectivity index (χ2n) is 4.93. The van der Waals surface area contributed by atoms with Crippen LogP contribution in [-0.4, -0.2) is 38.7 Å². The van der Waals surface area contributed by atoms with Crippen molar-refractivity contribution >= 4 is 41.5 Å². The van der Waals surface area contributed by atoms with E-state index in [4.69, 9.17) is 15.2 Å². The number of hydrogen-bond donors (Lipinski definition) is 3. The molecule has 0 radical (unpaired) electrons. The Labute approximate surface area is 154 Å². The third-order valence-corrected chi connectivity index (χ3v) is 2.74. The van der Waals surface area contributed by atoms with Gasteiger partial charge in [-0.1, -0.05) is 0 Å². The molecule has 23 heavy (non-hydrogen) atoms. The molecule has 7 nitrogen and oxygen atoms in total. The van der Waals surface area contributed by atoms with Crippen LogP contribution in [0.15, 0.2) is 23.2 Å². The summed E-state index contributed by atoms with van der Waals surface area (Å²) in [6.45, 7) is 4.13. The van der Waals surface area contributed by atoms with Crippen LogP contribution in [-0.2, 0) is 4.79 Å². The summed E-state index contributed by atoms with van der Waals surface area (Å²) in [6, 6.07) is 5.43. The van der Waals surface area contributed by atoms with Crippen LogP contribution in [0, 0.1) is 0 Å². The van der Waals surface area contributed by atoms with Crippen LogP contribution >= 0.6 is 24.0 Å². The standard InChI is InChI=1S/C15H24N4O3.HI/c1-10(2)18-14(20)7-8-17-15(16)19-12-9-11(21-3)5-6-13(12)22-4;/h5-6,9-10H,7-8H2,1-4H3,(H,18,20)(H3,16,17,19);1H. The Morgan fingerprint density at radius 3 is 2.57 bits per heavy atom. The Hall–Kier alpha value is -1.71. The first kappa shape index (κ1) is 21.3. The van der Waals surface area contributed by atoms with Crippen LogP contribution in [0.1, 0.15) is 20.3 Å². The van der Waals surface area contributed by atoms with Crippen molar-refractivity contribution in [1.82, 2.24) is 5.32 Å². The average Bonchev–Trinajstić information content (AvgIpc) is 2.46. The summed E-state index contributed by atoms with van der Waals surface area (Å²) in [5, 5.41) is 5.74. The van der Waals surface area contributed by atoms with Crippen LogP contribution in [0.2, 0.25) is 0 Å². The molecule has 0 fully saturated rings. The first-order valence-electron chi connectivity index (χ1n) is 7.04. The molecule has 0 atom stereocenters. The molecule has 0 saturated heterocycles. The number of anilines is 1. The van der Waals surface area contributed by atoms with Gasteiger partial charge in [0.05, 0.1) is 26.5 Å². The lowest BCUT2D eigenvalue weighted by Gasteiger charge is -2.12. The van der Waals surface area contributed by atoms with Crippen LogP contribution < -0.4 is 25.8 Å². The van der Waals surface area contributed by atoms with E-state index in [0.29, 0.717) is 23.7 Å². The van der Waals surface area contributed by atoms with E-state index in [1.54, 1.807) is 32.4 Å². The highest BCUT2D eigenvalue weighted by Gasteiger charge is 2.06. The molecule has 1 amide bonds. The van der Waals surface area contributed by atoms with Gasteiger partial charge in [0.2, 0.25) is 5.91 Å². The number of guanidine groups is 1. The number of nitrogens with one attached hydrogen (secondary N) is 2. The van der Waals surface area contributed by atoms with E-state index in [1.807, 2.05) is 13.8 Å². The highest BCUT2D eigenvalue weighted by Crippen LogP contribution is 2.28. The zero-order chi connectivity index (χ0) is 16.5. The molecule has 1 rings (SSSR count). The minimum atomic E-state index is -0.0505. The molecule has 0 aliphatic carbocycles. The molecule has 0 aliphatic rings. The predicted molar refractivity (Wildman–Crippen MR) is 103 cm³/mol. The van der Waals surface area contributed by atoms with Gasteiger partial charge in [-0.3, -0.25) is 9.79 Å². The molecular weight excluding hydrogens is 411 g/mol. The van der Waals surface area contributed by atoms with Crippen LogP contribution in [0.5, 0.6) is 11.5 Å². The largest absolute Gasteiger partial charge is 0.497 e. The smallest absolute Gasteiger partial charge is 0.222 e. The van der Waals surface area contributed by atoms with E-state index in [-0.39, 0.29) is 48.3 Å². The fraction of sp³-hybridized carbons (Fsp3) is 0.467. The minimum Gasteiger partial charge on any atom is -0.497 e. The summed E-state index contributed by atoms with van der Waals surface area (Å²) in [7, 11) is 3.15. The van der Waals surface area contributed by atoms with Gasteiger partial charge in [-0.15, -0.1) is 24.0 Å². The van der Waals surface area contributed by atoms with Crippen molar-refractivity contribution in [3.63, 3.8) is 0 Å². The van der Waals surface area contributed by atoms with E-state index >= 15 is 0 Å². The lowest BCUT2D eigenvalue weighted by atomic mass is 10.2. The zero-order valence-corrected chi connectivity index (χ0v) is 16.2. The van der Waals surface area contributed by atoms with Gasteiger partial charge >= 0.3 is 0 Å². The zero-order valence-electron chi connectivity index (χ0n) is 13.9. The monoisotopic (exact) mass is 436 g/mol. The number of nitrogens with two attached hydrogens (primary N) is 1. The molecule has 0 aliphatic heterocycles. The van der Waals surface area contributed by atoms with E-state index in [1.165, 1.54) is 0 Å². The molecule has 1 aromatic rings. The van der Waals surface area contributed by atoms with Gasteiger partial charge in [-0.05, 0) is 26.0 Å². The van der Waals surface area contributed by atoms with Gasteiger partial charge in [-0.25, -0.2) is 0 Å². The minimum absolute atomic E-state index is 0. The van der Waals surface area contributed by atoms with Gasteiger partial charge in [0.15, 0.2) is 5.96 Å². The quantitative estimate of drug-likeness (QED) is 0.345. The fourth-order valence-electron chi connectivity index (χ4n) is 1.76. The number of methoxy groups -OCH3 is 2. The number of rotatable bonds is 7. The average molecular weight is 436 g/mol. The summed E-state index contributed by atoms with van der Waals surface area (Å²) < 4.78 is 10.4. The number of benzene rings is 1. The Morgan fingerprint density at radius 2 is 2.00 bits per heavy atom. The molecule has 4 N–H and O–H groups in total. The van der Waals surface area contributed by atoms with Gasteiger partial charge in [0, 0.05) is 18.5 Å². The summed E-state index contributed by atoms with van der Waals surface area (Å²) >= 11 is 0. The van der Waals surface area contributed by atoms with Crippen LogP contribution in [0.3, 0.4) is 0 Å². The first-order chi connectivity index (χ1) is 10.5. The predicted octanol–water partition coefficient (Wildman–Crippen LogP) is 1.96. The second kappa shape index (κ2) is 10.9. The summed E-state index contributed by atoms with van der Waals surface area (Å²) in [5.41, 5.74) is 6.47. The molecule has 0 saturated carbocycles. The molecule has 0 heterocycles. The normalized spacial score (nSPS) is 10.7. The number of ether oxygens (including phenoxy) is 2. The van der Waals surface area contributed by atoms with Gasteiger partial charge < -0.3 is 25.8 Å². The van der Waals surface area contributed by atoms with E-state index in [9.17, 15) is 4.79 Å². The summed E-state index contributed by atoms with van der Waals surface area (Å²) in [4.78, 5) is 15.6. The first-order valence-corrected chi connectivity index (χ1v) is 7.04. The summed E-state index contributed by atoms with van der Waals surface area (Å²) in [5.74, 6) is 1.46. The van der Waals surface area contributed by atoms with E-state index in [0.717, 1.165) is 0 Å². The Kier molecular flexibility index (Phi) is 10.1. The number of hydrogen-bond acceptors (Lipinski definition) is 4. The maximum atomic E-state index is 11.5. The van der Waals surface area contributed by atoms with Gasteiger partial charge in [0.25, 0.3) is 0 Å². The highest BCUT2D eigenvalue weighted by atomic mass is 127. The molecule has 0 bridgehead atoms. The number of nitrogens with zero attached hydrogens (tertiary/aromatic N) is 1. The van der Waals surface area contributed by atoms with Gasteiger partial charge in [-0.2, -0.15) is 0 Å². The number of carbonyl (C=O) groups is 1. The Bertz CT molecular complexity index is 535. The Balaban J connectivity index is 0.00000484. The number of aliphatic imine (C=N–C) groups is 1. The maximum absolute atomic E-state index is 11.5. The van der Waals surface area contributed by atoms with Crippen molar-refractivity contribution < 1.29 is 14.3 Å². The van der Waals surface area contributed by atoms with Crippen LogP contribution in [0.4, 0.5) is 5.69 Å². The van der Waals surface area contributed by atoms with Crippen molar-refractivity contribution in [1.29, 1.82) is 0 Å². The molecular formula is C15H25IN4O3. The lowest BCUT2D eigenvalue weighted by molar-refractivity contribution is -0.121. The number of amides is 1. The second-order valence-corrected chi connectivity index (χ2v) is 4.93. The van der Waals surface area contributed by atoms with Crippen molar-refractivity contribution in [2.75, 3.05) is 26.1 Å². The van der Waals surface area contributed by atoms with E-state index in [2.05, 4.69) is 15.6 Å². The summed E-state index contributed by atoms with van der Waals surface area (Å²) in [6.07, 6.45) is 0.288. The van der Waals surface area contributed by atoms with Crippen LogP contribution in [0.25, 0.3) is 0 Å². The number of carbonyl (C=O) groups excluding carboxylic acids is 1. The molecule has 0 unspecified atom stereocenters. The van der Waals surface area contributed by atoms with Crippen molar-refractivity contribution in [3.05, 3.63) is 18.2 Å². The third-order valence-electron chi connectivity index (χ3n) is 2.74. The Morgan fingerprint density at radius 1 is 1.30 bits per heavy atom.